The van der Waals surface area contributed by atoms with Gasteiger partial charge in [-0.15, -0.1) is 0 Å². The average Bonchev–Trinajstić information content (AvgIpc) is 2.67. The lowest BCUT2D eigenvalue weighted by molar-refractivity contribution is -0.123. The molecule has 3 aromatic carbocycles. The standard InChI is InChI=1S/C21H18ClNO2/c22-18-11-13-19(14-12-18)25-15-20(24)23-21(16-7-3-1-4-8-16)17-9-5-2-6-10-17/h1-14,21H,15H2,(H,23,24). The molecule has 0 heterocycles. The number of benzene rings is 3. The third kappa shape index (κ3) is 4.85. The summed E-state index contributed by atoms with van der Waals surface area (Å²) in [6.45, 7) is -0.0577. The minimum Gasteiger partial charge on any atom is -0.484 e. The van der Waals surface area contributed by atoms with Crippen LogP contribution >= 0.6 is 11.6 Å². The number of carbonyl (C=O) groups excluding carboxylic acids is 1. The zero-order valence-corrected chi connectivity index (χ0v) is 14.3. The number of carbonyl (C=O) groups is 1. The van der Waals surface area contributed by atoms with Gasteiger partial charge < -0.3 is 10.1 Å². The van der Waals surface area contributed by atoms with E-state index in [1.54, 1.807) is 24.3 Å². The molecule has 0 aliphatic heterocycles. The maximum absolute atomic E-state index is 12.4. The predicted octanol–water partition coefficient (Wildman–Crippen LogP) is 4.62. The highest BCUT2D eigenvalue weighted by atomic mass is 35.5. The van der Waals surface area contributed by atoms with Crippen molar-refractivity contribution >= 4 is 17.5 Å². The monoisotopic (exact) mass is 351 g/mol. The second-order valence-electron chi connectivity index (χ2n) is 5.56. The first-order valence-corrected chi connectivity index (χ1v) is 8.38. The van der Waals surface area contributed by atoms with Crippen LogP contribution in [-0.4, -0.2) is 12.5 Å². The lowest BCUT2D eigenvalue weighted by Crippen LogP contribution is -2.33. The molecule has 0 saturated heterocycles. The SMILES string of the molecule is O=C(COc1ccc(Cl)cc1)NC(c1ccccc1)c1ccccc1. The topological polar surface area (TPSA) is 38.3 Å². The lowest BCUT2D eigenvalue weighted by atomic mass is 9.99. The largest absolute Gasteiger partial charge is 0.484 e. The third-order valence-corrected chi connectivity index (χ3v) is 4.01. The summed E-state index contributed by atoms with van der Waals surface area (Å²) in [4.78, 5) is 12.4. The van der Waals surface area contributed by atoms with Crippen LogP contribution in [0.5, 0.6) is 5.75 Å². The highest BCUT2D eigenvalue weighted by Crippen LogP contribution is 2.22. The van der Waals surface area contributed by atoms with E-state index in [1.165, 1.54) is 0 Å². The smallest absolute Gasteiger partial charge is 0.258 e. The van der Waals surface area contributed by atoms with Gasteiger partial charge in [-0.2, -0.15) is 0 Å². The second-order valence-corrected chi connectivity index (χ2v) is 6.00. The zero-order valence-electron chi connectivity index (χ0n) is 13.6. The van der Waals surface area contributed by atoms with E-state index in [2.05, 4.69) is 5.32 Å². The average molecular weight is 352 g/mol. The molecule has 0 radical (unpaired) electrons. The van der Waals surface area contributed by atoms with Gasteiger partial charge in [-0.05, 0) is 35.4 Å². The third-order valence-electron chi connectivity index (χ3n) is 3.75. The van der Waals surface area contributed by atoms with Crippen LogP contribution in [0.1, 0.15) is 17.2 Å². The van der Waals surface area contributed by atoms with Crippen LogP contribution in [0.3, 0.4) is 0 Å². The number of hydrogen-bond donors (Lipinski definition) is 1. The van der Waals surface area contributed by atoms with Crippen LogP contribution in [0.4, 0.5) is 0 Å². The Labute approximate surface area is 152 Å². The quantitative estimate of drug-likeness (QED) is 0.703. The van der Waals surface area contributed by atoms with Gasteiger partial charge in [-0.3, -0.25) is 4.79 Å². The number of nitrogens with one attached hydrogen (secondary N) is 1. The van der Waals surface area contributed by atoms with E-state index in [0.717, 1.165) is 11.1 Å². The van der Waals surface area contributed by atoms with Crippen LogP contribution in [0.15, 0.2) is 84.9 Å². The summed E-state index contributed by atoms with van der Waals surface area (Å²) in [5.74, 6) is 0.420. The summed E-state index contributed by atoms with van der Waals surface area (Å²) >= 11 is 5.84. The van der Waals surface area contributed by atoms with E-state index in [0.29, 0.717) is 10.8 Å². The number of amides is 1. The predicted molar refractivity (Wildman–Crippen MR) is 99.8 cm³/mol. The molecule has 0 aliphatic carbocycles. The van der Waals surface area contributed by atoms with Crippen molar-refractivity contribution in [2.75, 3.05) is 6.61 Å². The fourth-order valence-electron chi connectivity index (χ4n) is 2.53. The molecule has 0 atom stereocenters. The number of hydrogen-bond acceptors (Lipinski definition) is 2. The maximum Gasteiger partial charge on any atom is 0.258 e. The van der Waals surface area contributed by atoms with Crippen LogP contribution in [0.25, 0.3) is 0 Å². The minimum atomic E-state index is -0.219. The van der Waals surface area contributed by atoms with Crippen molar-refractivity contribution in [3.05, 3.63) is 101 Å². The van der Waals surface area contributed by atoms with Gasteiger partial charge in [0.05, 0.1) is 6.04 Å². The van der Waals surface area contributed by atoms with Crippen molar-refractivity contribution in [1.29, 1.82) is 0 Å². The molecule has 126 valence electrons. The molecule has 3 rings (SSSR count). The summed E-state index contributed by atoms with van der Waals surface area (Å²) in [5.41, 5.74) is 2.04. The van der Waals surface area contributed by atoms with Gasteiger partial charge >= 0.3 is 0 Å². The van der Waals surface area contributed by atoms with E-state index in [-0.39, 0.29) is 18.6 Å². The van der Waals surface area contributed by atoms with E-state index in [4.69, 9.17) is 16.3 Å². The molecule has 1 amide bonds. The Bertz CT molecular complexity index is 765. The molecular formula is C21H18ClNO2. The van der Waals surface area contributed by atoms with Crippen LogP contribution in [0.2, 0.25) is 5.02 Å². The van der Waals surface area contributed by atoms with Gasteiger partial charge in [0.15, 0.2) is 6.61 Å². The normalized spacial score (nSPS) is 10.5. The van der Waals surface area contributed by atoms with Gasteiger partial charge in [0.25, 0.3) is 5.91 Å². The van der Waals surface area contributed by atoms with Crippen molar-refractivity contribution in [2.24, 2.45) is 0 Å². The maximum atomic E-state index is 12.4. The van der Waals surface area contributed by atoms with Crippen molar-refractivity contribution in [3.8, 4) is 5.75 Å². The summed E-state index contributed by atoms with van der Waals surface area (Å²) < 4.78 is 5.52. The number of halogens is 1. The number of rotatable bonds is 6. The molecule has 4 heteroatoms. The highest BCUT2D eigenvalue weighted by molar-refractivity contribution is 6.30. The van der Waals surface area contributed by atoms with E-state index in [9.17, 15) is 4.79 Å². The van der Waals surface area contributed by atoms with E-state index < -0.39 is 0 Å². The Morgan fingerprint density at radius 2 is 1.36 bits per heavy atom. The molecule has 0 fully saturated rings. The first-order valence-electron chi connectivity index (χ1n) is 8.00. The van der Waals surface area contributed by atoms with Crippen molar-refractivity contribution in [1.82, 2.24) is 5.32 Å². The lowest BCUT2D eigenvalue weighted by Gasteiger charge is -2.20. The Balaban J connectivity index is 1.69. The molecule has 3 nitrogen and oxygen atoms in total. The van der Waals surface area contributed by atoms with Crippen LogP contribution in [-0.2, 0) is 4.79 Å². The molecule has 0 aromatic heterocycles. The minimum absolute atomic E-state index is 0.0577. The van der Waals surface area contributed by atoms with Gasteiger partial charge in [-0.25, -0.2) is 0 Å². The summed E-state index contributed by atoms with van der Waals surface area (Å²) in [6, 6.07) is 26.5. The molecule has 0 spiro atoms. The Morgan fingerprint density at radius 1 is 0.840 bits per heavy atom. The summed E-state index contributed by atoms with van der Waals surface area (Å²) in [6.07, 6.45) is 0. The van der Waals surface area contributed by atoms with Crippen molar-refractivity contribution in [3.63, 3.8) is 0 Å². The Hall–Kier alpha value is -2.78. The molecule has 0 unspecified atom stereocenters. The second kappa shape index (κ2) is 8.36. The number of ether oxygens (including phenoxy) is 1. The van der Waals surface area contributed by atoms with Crippen molar-refractivity contribution in [2.45, 2.75) is 6.04 Å². The van der Waals surface area contributed by atoms with Gasteiger partial charge in [0.2, 0.25) is 0 Å². The molecule has 1 N–H and O–H groups in total. The van der Waals surface area contributed by atoms with E-state index in [1.807, 2.05) is 60.7 Å². The van der Waals surface area contributed by atoms with Crippen LogP contribution in [0, 0.1) is 0 Å². The summed E-state index contributed by atoms with van der Waals surface area (Å²) in [7, 11) is 0. The first-order chi connectivity index (χ1) is 12.2. The van der Waals surface area contributed by atoms with Gasteiger partial charge in [0.1, 0.15) is 5.75 Å². The molecule has 3 aromatic rings. The molecular weight excluding hydrogens is 334 g/mol. The van der Waals surface area contributed by atoms with Gasteiger partial charge in [0, 0.05) is 5.02 Å². The van der Waals surface area contributed by atoms with Crippen molar-refractivity contribution < 1.29 is 9.53 Å². The summed E-state index contributed by atoms with van der Waals surface area (Å²) in [5, 5.41) is 3.67. The Kier molecular flexibility index (Phi) is 5.70. The zero-order chi connectivity index (χ0) is 17.5. The molecule has 0 saturated carbocycles. The van der Waals surface area contributed by atoms with E-state index >= 15 is 0 Å². The molecule has 0 bridgehead atoms. The Morgan fingerprint density at radius 3 is 1.88 bits per heavy atom. The highest BCUT2D eigenvalue weighted by Gasteiger charge is 2.16. The molecule has 0 aliphatic rings. The molecule has 25 heavy (non-hydrogen) atoms. The van der Waals surface area contributed by atoms with Crippen LogP contribution < -0.4 is 10.1 Å². The first kappa shape index (κ1) is 17.1. The fraction of sp³-hybridized carbons (Fsp3) is 0.0952. The fourth-order valence-corrected chi connectivity index (χ4v) is 2.66. The van der Waals surface area contributed by atoms with Gasteiger partial charge in [-0.1, -0.05) is 72.3 Å².